The zero-order chi connectivity index (χ0) is 20.0. The van der Waals surface area contributed by atoms with Crippen LogP contribution in [0.15, 0.2) is 47.2 Å². The smallest absolute Gasteiger partial charge is 0.270 e. The van der Waals surface area contributed by atoms with E-state index in [2.05, 4.69) is 14.9 Å². The number of nitrogens with zero attached hydrogens (tertiary/aromatic N) is 4. The van der Waals surface area contributed by atoms with Crippen LogP contribution >= 0.6 is 0 Å². The van der Waals surface area contributed by atoms with Gasteiger partial charge in [0, 0.05) is 42.8 Å². The molecule has 0 radical (unpaired) electrons. The number of nitrogens with one attached hydrogen (secondary N) is 1. The van der Waals surface area contributed by atoms with Crippen LogP contribution in [0, 0.1) is 0 Å². The maximum atomic E-state index is 12.8. The molecule has 148 valence electrons. The molecule has 7 heteroatoms. The van der Waals surface area contributed by atoms with E-state index in [1.54, 1.807) is 31.5 Å². The summed E-state index contributed by atoms with van der Waals surface area (Å²) in [5, 5.41) is 5.19. The molecule has 0 bridgehead atoms. The fraction of sp³-hybridized carbons (Fsp3) is 0.318. The molecule has 1 N–H and O–H groups in total. The van der Waals surface area contributed by atoms with Gasteiger partial charge in [-0.25, -0.2) is 4.98 Å². The lowest BCUT2D eigenvalue weighted by Crippen LogP contribution is -2.25. The number of furan rings is 1. The largest absolute Gasteiger partial charge is 0.464 e. The van der Waals surface area contributed by atoms with Crippen molar-refractivity contribution in [3.05, 3.63) is 48.5 Å². The Morgan fingerprint density at radius 3 is 2.79 bits per heavy atom. The van der Waals surface area contributed by atoms with E-state index in [4.69, 9.17) is 9.40 Å². The van der Waals surface area contributed by atoms with Gasteiger partial charge in [0.2, 0.25) is 5.95 Å². The predicted octanol–water partition coefficient (Wildman–Crippen LogP) is 4.74. The van der Waals surface area contributed by atoms with E-state index in [0.717, 1.165) is 40.5 Å². The van der Waals surface area contributed by atoms with Crippen molar-refractivity contribution < 1.29 is 9.21 Å². The van der Waals surface area contributed by atoms with E-state index in [-0.39, 0.29) is 5.91 Å². The third-order valence-electron chi connectivity index (χ3n) is 5.60. The van der Waals surface area contributed by atoms with E-state index in [1.807, 2.05) is 30.3 Å². The van der Waals surface area contributed by atoms with E-state index in [1.165, 1.54) is 12.8 Å². The first-order valence-corrected chi connectivity index (χ1v) is 9.94. The number of amides is 1. The Kier molecular flexibility index (Phi) is 4.23. The average molecular weight is 389 g/mol. The van der Waals surface area contributed by atoms with E-state index in [9.17, 15) is 4.79 Å². The monoisotopic (exact) mass is 389 g/mol. The van der Waals surface area contributed by atoms with Crippen LogP contribution in [-0.2, 0) is 0 Å². The van der Waals surface area contributed by atoms with Crippen molar-refractivity contribution in [1.82, 2.24) is 19.4 Å². The van der Waals surface area contributed by atoms with Crippen molar-refractivity contribution in [1.29, 1.82) is 0 Å². The van der Waals surface area contributed by atoms with Crippen LogP contribution in [0.3, 0.4) is 0 Å². The summed E-state index contributed by atoms with van der Waals surface area (Å²) >= 11 is 0. The molecule has 0 saturated heterocycles. The molecule has 1 saturated carbocycles. The standard InChI is InChI=1S/C22H23N5O2/c1-26(2)21(28)18-12-15-13-23-22(25-20(15)27(18)17-5-3-4-6-17)24-16-7-8-19-14(11-16)9-10-29-19/h7-13,17H,3-6H2,1-2H3,(H,23,24,25). The maximum absolute atomic E-state index is 12.8. The van der Waals surface area contributed by atoms with Crippen LogP contribution in [0.5, 0.6) is 0 Å². The van der Waals surface area contributed by atoms with Crippen molar-refractivity contribution in [3.8, 4) is 0 Å². The second kappa shape index (κ2) is 6.92. The highest BCUT2D eigenvalue weighted by Crippen LogP contribution is 2.35. The van der Waals surface area contributed by atoms with Gasteiger partial charge in [0.25, 0.3) is 5.91 Å². The Morgan fingerprint density at radius 1 is 1.17 bits per heavy atom. The first-order chi connectivity index (χ1) is 14.1. The van der Waals surface area contributed by atoms with Crippen LogP contribution in [0.2, 0.25) is 0 Å². The summed E-state index contributed by atoms with van der Waals surface area (Å²) in [6.45, 7) is 0. The molecule has 0 spiro atoms. The quantitative estimate of drug-likeness (QED) is 0.546. The van der Waals surface area contributed by atoms with Crippen molar-refractivity contribution >= 4 is 39.5 Å². The van der Waals surface area contributed by atoms with Crippen LogP contribution in [0.1, 0.15) is 42.2 Å². The van der Waals surface area contributed by atoms with Crippen molar-refractivity contribution in [2.45, 2.75) is 31.7 Å². The molecule has 29 heavy (non-hydrogen) atoms. The van der Waals surface area contributed by atoms with Crippen molar-refractivity contribution in [3.63, 3.8) is 0 Å². The number of hydrogen-bond donors (Lipinski definition) is 1. The molecule has 4 aromatic rings. The lowest BCUT2D eigenvalue weighted by molar-refractivity contribution is 0.0815. The average Bonchev–Trinajstić information content (AvgIpc) is 3.45. The molecule has 3 heterocycles. The summed E-state index contributed by atoms with van der Waals surface area (Å²) in [7, 11) is 3.56. The third-order valence-corrected chi connectivity index (χ3v) is 5.60. The van der Waals surface area contributed by atoms with Gasteiger partial charge >= 0.3 is 0 Å². The van der Waals surface area contributed by atoms with Gasteiger partial charge in [0.05, 0.1) is 6.26 Å². The Labute approximate surface area is 168 Å². The van der Waals surface area contributed by atoms with Gasteiger partial charge < -0.3 is 19.2 Å². The minimum atomic E-state index is -0.00480. The van der Waals surface area contributed by atoms with Gasteiger partial charge in [-0.1, -0.05) is 12.8 Å². The predicted molar refractivity (Wildman–Crippen MR) is 113 cm³/mol. The van der Waals surface area contributed by atoms with Gasteiger partial charge in [-0.15, -0.1) is 0 Å². The first-order valence-electron chi connectivity index (χ1n) is 9.94. The fourth-order valence-corrected chi connectivity index (χ4v) is 4.17. The maximum Gasteiger partial charge on any atom is 0.270 e. The number of carbonyl (C=O) groups excluding carboxylic acids is 1. The molecule has 0 aliphatic heterocycles. The van der Waals surface area contributed by atoms with Crippen molar-refractivity contribution in [2.75, 3.05) is 19.4 Å². The van der Waals surface area contributed by atoms with Gasteiger partial charge in [-0.05, 0) is 43.2 Å². The Bertz CT molecular complexity index is 1200. The van der Waals surface area contributed by atoms with Crippen molar-refractivity contribution in [2.24, 2.45) is 0 Å². The lowest BCUT2D eigenvalue weighted by atomic mass is 10.2. The molecule has 3 aromatic heterocycles. The second-order valence-corrected chi connectivity index (χ2v) is 7.81. The molecule has 1 aliphatic carbocycles. The molecule has 7 nitrogen and oxygen atoms in total. The summed E-state index contributed by atoms with van der Waals surface area (Å²) in [5.41, 5.74) is 3.22. The topological polar surface area (TPSA) is 76.2 Å². The Balaban J connectivity index is 1.57. The number of hydrogen-bond acceptors (Lipinski definition) is 5. The number of aromatic nitrogens is 3. The molecule has 5 rings (SSSR count). The highest BCUT2D eigenvalue weighted by molar-refractivity contribution is 5.98. The molecule has 1 fully saturated rings. The summed E-state index contributed by atoms with van der Waals surface area (Å²) in [4.78, 5) is 23.7. The summed E-state index contributed by atoms with van der Waals surface area (Å²) in [5.74, 6) is 0.511. The number of carbonyl (C=O) groups is 1. The van der Waals surface area contributed by atoms with Crippen LogP contribution in [-0.4, -0.2) is 39.4 Å². The molecule has 0 atom stereocenters. The Morgan fingerprint density at radius 2 is 2.00 bits per heavy atom. The molecular formula is C22H23N5O2. The third kappa shape index (κ3) is 3.12. The van der Waals surface area contributed by atoms with Gasteiger partial charge in [-0.2, -0.15) is 4.98 Å². The number of anilines is 2. The van der Waals surface area contributed by atoms with E-state index >= 15 is 0 Å². The molecule has 1 aliphatic rings. The van der Waals surface area contributed by atoms with Crippen LogP contribution in [0.25, 0.3) is 22.0 Å². The normalized spacial score (nSPS) is 14.7. The molecule has 1 amide bonds. The van der Waals surface area contributed by atoms with Gasteiger partial charge in [-0.3, -0.25) is 4.79 Å². The number of fused-ring (bicyclic) bond motifs is 2. The van der Waals surface area contributed by atoms with Gasteiger partial charge in [0.1, 0.15) is 16.9 Å². The minimum Gasteiger partial charge on any atom is -0.464 e. The minimum absolute atomic E-state index is 0.00480. The van der Waals surface area contributed by atoms with E-state index in [0.29, 0.717) is 17.7 Å². The zero-order valence-electron chi connectivity index (χ0n) is 16.6. The summed E-state index contributed by atoms with van der Waals surface area (Å²) in [6, 6.07) is 10.0. The number of benzene rings is 1. The van der Waals surface area contributed by atoms with Crippen LogP contribution in [0.4, 0.5) is 11.6 Å². The molecular weight excluding hydrogens is 366 g/mol. The van der Waals surface area contributed by atoms with Crippen LogP contribution < -0.4 is 5.32 Å². The summed E-state index contributed by atoms with van der Waals surface area (Å²) < 4.78 is 7.52. The highest BCUT2D eigenvalue weighted by atomic mass is 16.3. The summed E-state index contributed by atoms with van der Waals surface area (Å²) in [6.07, 6.45) is 7.97. The Hall–Kier alpha value is -3.35. The number of rotatable bonds is 4. The van der Waals surface area contributed by atoms with E-state index < -0.39 is 0 Å². The van der Waals surface area contributed by atoms with Gasteiger partial charge in [0.15, 0.2) is 0 Å². The second-order valence-electron chi connectivity index (χ2n) is 7.81. The molecule has 1 aromatic carbocycles. The SMILES string of the molecule is CN(C)C(=O)c1cc2cnc(Nc3ccc4occc4c3)nc2n1C1CCCC1. The lowest BCUT2D eigenvalue weighted by Gasteiger charge is -2.19. The zero-order valence-corrected chi connectivity index (χ0v) is 16.6. The fourth-order valence-electron chi connectivity index (χ4n) is 4.17. The molecule has 0 unspecified atom stereocenters. The highest BCUT2D eigenvalue weighted by Gasteiger charge is 2.26. The first kappa shape index (κ1) is 17.7.